The molecule has 0 bridgehead atoms. The zero-order valence-electron chi connectivity index (χ0n) is 11.5. The van der Waals surface area contributed by atoms with Crippen molar-refractivity contribution < 1.29 is 13.2 Å². The highest BCUT2D eigenvalue weighted by atomic mass is 19.4. The van der Waals surface area contributed by atoms with E-state index in [-0.39, 0.29) is 0 Å². The summed E-state index contributed by atoms with van der Waals surface area (Å²) >= 11 is 0. The molecule has 22 heavy (non-hydrogen) atoms. The lowest BCUT2D eigenvalue weighted by molar-refractivity contribution is -0.137. The number of aromatic nitrogens is 1. The van der Waals surface area contributed by atoms with E-state index in [1.165, 1.54) is 6.07 Å². The molecule has 3 rings (SSSR count). The van der Waals surface area contributed by atoms with Crippen molar-refractivity contribution in [2.75, 3.05) is 0 Å². The van der Waals surface area contributed by atoms with E-state index in [9.17, 15) is 13.2 Å². The third kappa shape index (κ3) is 3.01. The highest BCUT2D eigenvalue weighted by molar-refractivity contribution is 5.69. The van der Waals surface area contributed by atoms with Crippen LogP contribution in [0, 0.1) is 0 Å². The van der Waals surface area contributed by atoms with Crippen LogP contribution < -0.4 is 0 Å². The van der Waals surface area contributed by atoms with Crippen molar-refractivity contribution in [3.05, 3.63) is 78.5 Å². The van der Waals surface area contributed by atoms with Crippen molar-refractivity contribution >= 4 is 0 Å². The Labute approximate surface area is 126 Å². The Kier molecular flexibility index (Phi) is 3.67. The molecule has 1 nitrogen and oxygen atoms in total. The molecule has 0 saturated heterocycles. The second kappa shape index (κ2) is 5.64. The molecule has 1 aromatic heterocycles. The summed E-state index contributed by atoms with van der Waals surface area (Å²) in [4.78, 5) is 4.25. The molecule has 0 aliphatic carbocycles. The van der Waals surface area contributed by atoms with Crippen molar-refractivity contribution in [3.63, 3.8) is 0 Å². The molecule has 0 atom stereocenters. The lowest BCUT2D eigenvalue weighted by Gasteiger charge is -2.09. The van der Waals surface area contributed by atoms with Gasteiger partial charge in [-0.15, -0.1) is 0 Å². The molecule has 0 aliphatic heterocycles. The summed E-state index contributed by atoms with van der Waals surface area (Å²) in [6.45, 7) is 0. The Morgan fingerprint density at radius 3 is 2.05 bits per heavy atom. The highest BCUT2D eigenvalue weighted by Gasteiger charge is 2.30. The van der Waals surface area contributed by atoms with Crippen LogP contribution in [0.3, 0.4) is 0 Å². The van der Waals surface area contributed by atoms with Gasteiger partial charge in [0.1, 0.15) is 0 Å². The van der Waals surface area contributed by atoms with Crippen molar-refractivity contribution in [2.45, 2.75) is 6.18 Å². The largest absolute Gasteiger partial charge is 0.416 e. The molecule has 0 radical (unpaired) electrons. The van der Waals surface area contributed by atoms with E-state index < -0.39 is 11.7 Å². The van der Waals surface area contributed by atoms with Gasteiger partial charge in [-0.25, -0.2) is 0 Å². The van der Waals surface area contributed by atoms with Gasteiger partial charge in [-0.2, -0.15) is 13.2 Å². The van der Waals surface area contributed by atoms with E-state index in [0.29, 0.717) is 5.56 Å². The number of hydrogen-bond acceptors (Lipinski definition) is 1. The van der Waals surface area contributed by atoms with E-state index in [1.807, 2.05) is 30.3 Å². The molecule has 1 heterocycles. The summed E-state index contributed by atoms with van der Waals surface area (Å²) in [6, 6.07) is 18.3. The fourth-order valence-electron chi connectivity index (χ4n) is 2.24. The normalized spacial score (nSPS) is 11.4. The summed E-state index contributed by atoms with van der Waals surface area (Å²) in [7, 11) is 0. The molecule has 0 unspecified atom stereocenters. The molecule has 0 spiro atoms. The molecule has 3 aromatic rings. The topological polar surface area (TPSA) is 12.9 Å². The first-order valence-electron chi connectivity index (χ1n) is 6.73. The maximum atomic E-state index is 12.8. The van der Waals surface area contributed by atoms with Gasteiger partial charge in [-0.3, -0.25) is 4.98 Å². The average molecular weight is 299 g/mol. The molecule has 0 aliphatic rings. The van der Waals surface area contributed by atoms with Crippen LogP contribution in [0.15, 0.2) is 72.9 Å². The van der Waals surface area contributed by atoms with Crippen molar-refractivity contribution in [1.29, 1.82) is 0 Å². The van der Waals surface area contributed by atoms with Crippen LogP contribution in [-0.2, 0) is 6.18 Å². The molecule has 2 aromatic carbocycles. The average Bonchev–Trinajstić information content (AvgIpc) is 2.55. The molecule has 0 fully saturated rings. The van der Waals surface area contributed by atoms with Gasteiger partial charge in [0.15, 0.2) is 0 Å². The summed E-state index contributed by atoms with van der Waals surface area (Å²) in [5.74, 6) is 0. The van der Waals surface area contributed by atoms with Crippen LogP contribution in [0.4, 0.5) is 13.2 Å². The Bertz CT molecular complexity index is 762. The predicted octanol–water partition coefficient (Wildman–Crippen LogP) is 5.43. The number of halogens is 3. The van der Waals surface area contributed by atoms with Gasteiger partial charge in [0.25, 0.3) is 0 Å². The lowest BCUT2D eigenvalue weighted by atomic mass is 10.0. The minimum atomic E-state index is -4.33. The Balaban J connectivity index is 1.94. The van der Waals surface area contributed by atoms with E-state index in [1.54, 1.807) is 24.4 Å². The molecule has 4 heteroatoms. The van der Waals surface area contributed by atoms with Gasteiger partial charge in [-0.1, -0.05) is 42.5 Å². The molecule has 0 saturated carbocycles. The van der Waals surface area contributed by atoms with Crippen LogP contribution in [0.2, 0.25) is 0 Å². The highest BCUT2D eigenvalue weighted by Crippen LogP contribution is 2.32. The number of alkyl halides is 3. The summed E-state index contributed by atoms with van der Waals surface area (Å²) in [5.41, 5.74) is 2.40. The SMILES string of the molecule is FC(F)(F)c1cccc(-c2ccc(-c3ccccn3)cc2)c1. The second-order valence-corrected chi connectivity index (χ2v) is 4.87. The van der Waals surface area contributed by atoms with Crippen LogP contribution in [0.1, 0.15) is 5.56 Å². The van der Waals surface area contributed by atoms with E-state index in [4.69, 9.17) is 0 Å². The van der Waals surface area contributed by atoms with Crippen LogP contribution in [0.25, 0.3) is 22.4 Å². The standard InChI is InChI=1S/C18H12F3N/c19-18(20,21)16-5-3-4-15(12-16)13-7-9-14(10-8-13)17-6-1-2-11-22-17/h1-12H. The van der Waals surface area contributed by atoms with Crippen molar-refractivity contribution in [2.24, 2.45) is 0 Å². The van der Waals surface area contributed by atoms with E-state index in [0.717, 1.165) is 29.0 Å². The Morgan fingerprint density at radius 1 is 0.682 bits per heavy atom. The summed E-state index contributed by atoms with van der Waals surface area (Å²) in [6.07, 6.45) is -2.63. The molecule has 0 N–H and O–H groups in total. The molecular formula is C18H12F3N. The van der Waals surface area contributed by atoms with Crippen molar-refractivity contribution in [1.82, 2.24) is 4.98 Å². The third-order valence-electron chi connectivity index (χ3n) is 3.37. The summed E-state index contributed by atoms with van der Waals surface area (Å²) in [5, 5.41) is 0. The summed E-state index contributed by atoms with van der Waals surface area (Å²) < 4.78 is 38.3. The maximum absolute atomic E-state index is 12.8. The Morgan fingerprint density at radius 2 is 1.41 bits per heavy atom. The van der Waals surface area contributed by atoms with Gasteiger partial charge < -0.3 is 0 Å². The smallest absolute Gasteiger partial charge is 0.256 e. The van der Waals surface area contributed by atoms with E-state index >= 15 is 0 Å². The van der Waals surface area contributed by atoms with Crippen molar-refractivity contribution in [3.8, 4) is 22.4 Å². The minimum Gasteiger partial charge on any atom is -0.256 e. The fraction of sp³-hybridized carbons (Fsp3) is 0.0556. The quantitative estimate of drug-likeness (QED) is 0.614. The second-order valence-electron chi connectivity index (χ2n) is 4.87. The zero-order chi connectivity index (χ0) is 15.6. The van der Waals surface area contributed by atoms with Gasteiger partial charge >= 0.3 is 6.18 Å². The number of hydrogen-bond donors (Lipinski definition) is 0. The number of benzene rings is 2. The third-order valence-corrected chi connectivity index (χ3v) is 3.37. The van der Waals surface area contributed by atoms with Crippen LogP contribution in [0.5, 0.6) is 0 Å². The first kappa shape index (κ1) is 14.3. The number of nitrogens with zero attached hydrogens (tertiary/aromatic N) is 1. The van der Waals surface area contributed by atoms with E-state index in [2.05, 4.69) is 4.98 Å². The van der Waals surface area contributed by atoms with Crippen LogP contribution in [-0.4, -0.2) is 4.98 Å². The fourth-order valence-corrected chi connectivity index (χ4v) is 2.24. The van der Waals surface area contributed by atoms with Gasteiger partial charge in [0.2, 0.25) is 0 Å². The predicted molar refractivity (Wildman–Crippen MR) is 80.1 cm³/mol. The van der Waals surface area contributed by atoms with Gasteiger partial charge in [0, 0.05) is 11.8 Å². The Hall–Kier alpha value is -2.62. The molecule has 0 amide bonds. The lowest BCUT2D eigenvalue weighted by Crippen LogP contribution is -2.04. The molecular weight excluding hydrogens is 287 g/mol. The first-order valence-corrected chi connectivity index (χ1v) is 6.73. The van der Waals surface area contributed by atoms with Gasteiger partial charge in [0.05, 0.1) is 11.3 Å². The maximum Gasteiger partial charge on any atom is 0.416 e. The first-order chi connectivity index (χ1) is 10.5. The van der Waals surface area contributed by atoms with Gasteiger partial charge in [-0.05, 0) is 35.4 Å². The minimum absolute atomic E-state index is 0.544. The number of rotatable bonds is 2. The molecule has 110 valence electrons. The van der Waals surface area contributed by atoms with Crippen LogP contribution >= 0.6 is 0 Å². The monoisotopic (exact) mass is 299 g/mol. The number of pyridine rings is 1. The zero-order valence-corrected chi connectivity index (χ0v) is 11.5.